The molecule has 0 spiro atoms. The van der Waals surface area contributed by atoms with Crippen molar-refractivity contribution in [3.63, 3.8) is 0 Å². The third-order valence-electron chi connectivity index (χ3n) is 0.156. The zero-order valence-corrected chi connectivity index (χ0v) is 11.9. The van der Waals surface area contributed by atoms with Crippen molar-refractivity contribution in [1.29, 1.82) is 0 Å². The fourth-order valence-electron chi connectivity index (χ4n) is 0. The third kappa shape index (κ3) is 17.6. The van der Waals surface area contributed by atoms with Crippen molar-refractivity contribution >= 4 is 8.25 Å². The average molecular weight is 175 g/mol. The Morgan fingerprint density at radius 3 is 1.86 bits per heavy atom. The minimum absolute atomic E-state index is 0. The van der Waals surface area contributed by atoms with Crippen molar-refractivity contribution in [2.75, 3.05) is 7.11 Å². The molecule has 0 aromatic rings. The minimum atomic E-state index is -2.35. The van der Waals surface area contributed by atoms with Crippen LogP contribution in [0.1, 0.15) is 2.85 Å². The summed E-state index contributed by atoms with van der Waals surface area (Å²) >= 11 is 0. The fraction of sp³-hybridized carbons (Fsp3) is 1.00. The van der Waals surface area contributed by atoms with Crippen LogP contribution in [0.3, 0.4) is 0 Å². The van der Waals surface area contributed by atoms with E-state index in [2.05, 4.69) is 4.52 Å². The Bertz CT molecular complexity index is 55.1. The first kappa shape index (κ1) is 16.7. The zero-order chi connectivity index (χ0) is 4.28. The van der Waals surface area contributed by atoms with Gasteiger partial charge in [0.1, 0.15) is 0 Å². The SMILES string of the molecule is CO[P+](=O)O.[H-].[H-].[K+].[K+]. The number of rotatable bonds is 1. The van der Waals surface area contributed by atoms with Crippen LogP contribution in [0, 0.1) is 0 Å². The molecular weight excluding hydrogens is 169 g/mol. The molecule has 34 valence electrons. The summed E-state index contributed by atoms with van der Waals surface area (Å²) in [5, 5.41) is 0. The molecule has 0 saturated heterocycles. The smallest absolute Gasteiger partial charge is 1.00 e. The van der Waals surface area contributed by atoms with Crippen molar-refractivity contribution in [3.8, 4) is 0 Å². The maximum atomic E-state index is 9.29. The molecule has 1 unspecified atom stereocenters. The average Bonchev–Trinajstić information content (AvgIpc) is 1.38. The van der Waals surface area contributed by atoms with Crippen molar-refractivity contribution in [1.82, 2.24) is 0 Å². The van der Waals surface area contributed by atoms with E-state index in [9.17, 15) is 4.57 Å². The van der Waals surface area contributed by atoms with Gasteiger partial charge in [0, 0.05) is 4.57 Å². The molecule has 0 radical (unpaired) electrons. The Morgan fingerprint density at radius 2 is 1.86 bits per heavy atom. The van der Waals surface area contributed by atoms with Crippen LogP contribution in [0.5, 0.6) is 0 Å². The van der Waals surface area contributed by atoms with Gasteiger partial charge in [-0.1, -0.05) is 0 Å². The topological polar surface area (TPSA) is 46.5 Å². The van der Waals surface area contributed by atoms with Crippen LogP contribution in [0.25, 0.3) is 0 Å². The van der Waals surface area contributed by atoms with Crippen LogP contribution < -0.4 is 103 Å². The van der Waals surface area contributed by atoms with Crippen LogP contribution >= 0.6 is 8.25 Å². The molecule has 0 aliphatic heterocycles. The van der Waals surface area contributed by atoms with Gasteiger partial charge in [-0.25, -0.2) is 0 Å². The van der Waals surface area contributed by atoms with Gasteiger partial charge in [0.15, 0.2) is 0 Å². The van der Waals surface area contributed by atoms with Crippen LogP contribution in [0.2, 0.25) is 0 Å². The van der Waals surface area contributed by atoms with Crippen LogP contribution in [-0.2, 0) is 9.09 Å². The number of hydrogen-bond donors (Lipinski definition) is 1. The summed E-state index contributed by atoms with van der Waals surface area (Å²) in [4.78, 5) is 7.65. The molecule has 0 aliphatic rings. The van der Waals surface area contributed by atoms with E-state index in [1.165, 1.54) is 7.11 Å². The molecule has 0 aromatic heterocycles. The molecule has 6 heteroatoms. The second-order valence-electron chi connectivity index (χ2n) is 0.420. The molecule has 3 nitrogen and oxygen atoms in total. The quantitative estimate of drug-likeness (QED) is 0.319. The van der Waals surface area contributed by atoms with E-state index in [1.807, 2.05) is 0 Å². The third-order valence-corrected chi connectivity index (χ3v) is 0.469. The monoisotopic (exact) mass is 175 g/mol. The molecular formula is CH6K2O3P+. The summed E-state index contributed by atoms with van der Waals surface area (Å²) in [6.07, 6.45) is 0. The maximum absolute atomic E-state index is 9.29. The van der Waals surface area contributed by atoms with Crippen molar-refractivity contribution in [2.45, 2.75) is 0 Å². The molecule has 0 fully saturated rings. The summed E-state index contributed by atoms with van der Waals surface area (Å²) in [7, 11) is -1.18. The molecule has 0 aromatic carbocycles. The van der Waals surface area contributed by atoms with Gasteiger partial charge in [-0.15, -0.1) is 9.42 Å². The number of hydrogen-bond acceptors (Lipinski definition) is 2. The van der Waals surface area contributed by atoms with E-state index >= 15 is 0 Å². The normalized spacial score (nSPS) is 8.00. The van der Waals surface area contributed by atoms with Gasteiger partial charge in [0.05, 0.1) is 7.11 Å². The van der Waals surface area contributed by atoms with Gasteiger partial charge in [-0.2, -0.15) is 0 Å². The van der Waals surface area contributed by atoms with Gasteiger partial charge in [0.2, 0.25) is 0 Å². The first-order valence-electron chi connectivity index (χ1n) is 0.973. The Balaban J connectivity index is -0.0000000133. The zero-order valence-electron chi connectivity index (χ0n) is 6.71. The Kier molecular flexibility index (Phi) is 28.7. The second kappa shape index (κ2) is 12.0. The molecule has 7 heavy (non-hydrogen) atoms. The van der Waals surface area contributed by atoms with Gasteiger partial charge in [-0.3, -0.25) is 0 Å². The van der Waals surface area contributed by atoms with E-state index in [0.29, 0.717) is 0 Å². The summed E-state index contributed by atoms with van der Waals surface area (Å²) in [6, 6.07) is 0. The van der Waals surface area contributed by atoms with E-state index < -0.39 is 8.25 Å². The van der Waals surface area contributed by atoms with Crippen LogP contribution in [0.15, 0.2) is 0 Å². The summed E-state index contributed by atoms with van der Waals surface area (Å²) in [5.41, 5.74) is 0. The standard InChI is InChI=1S/CH3O3P.2K.2H/c1-4-5(2)3;;;;/h1H3;;;;/q;2*+1;2*-1/p+1. The largest absolute Gasteiger partial charge is 1.00 e. The second-order valence-corrected chi connectivity index (χ2v) is 1.26. The van der Waals surface area contributed by atoms with Gasteiger partial charge >= 0.3 is 111 Å². The van der Waals surface area contributed by atoms with Crippen molar-refractivity contribution in [3.05, 3.63) is 0 Å². The van der Waals surface area contributed by atoms with Gasteiger partial charge in [0.25, 0.3) is 0 Å². The van der Waals surface area contributed by atoms with E-state index in [-0.39, 0.29) is 106 Å². The maximum Gasteiger partial charge on any atom is 1.00 e. The Labute approximate surface area is 131 Å². The molecule has 0 amide bonds. The molecule has 0 saturated carbocycles. The van der Waals surface area contributed by atoms with Crippen molar-refractivity contribution < 1.29 is 120 Å². The molecule has 0 heterocycles. The van der Waals surface area contributed by atoms with E-state index in [4.69, 9.17) is 4.89 Å². The Morgan fingerprint density at radius 1 is 1.71 bits per heavy atom. The first-order valence-corrected chi connectivity index (χ1v) is 2.10. The molecule has 0 rings (SSSR count). The first-order chi connectivity index (χ1) is 2.27. The van der Waals surface area contributed by atoms with Crippen LogP contribution in [0.4, 0.5) is 0 Å². The van der Waals surface area contributed by atoms with Gasteiger partial charge in [-0.05, 0) is 0 Å². The molecule has 0 aliphatic carbocycles. The fourth-order valence-corrected chi connectivity index (χ4v) is 0. The van der Waals surface area contributed by atoms with Crippen LogP contribution in [-0.4, -0.2) is 12.0 Å². The molecule has 1 atom stereocenters. The van der Waals surface area contributed by atoms with E-state index in [0.717, 1.165) is 0 Å². The summed E-state index contributed by atoms with van der Waals surface area (Å²) in [5.74, 6) is 0. The minimum Gasteiger partial charge on any atom is -1.00 e. The van der Waals surface area contributed by atoms with E-state index in [1.54, 1.807) is 0 Å². The summed E-state index contributed by atoms with van der Waals surface area (Å²) in [6.45, 7) is 0. The van der Waals surface area contributed by atoms with Gasteiger partial charge < -0.3 is 2.85 Å². The van der Waals surface area contributed by atoms with Crippen molar-refractivity contribution in [2.24, 2.45) is 0 Å². The summed E-state index contributed by atoms with van der Waals surface area (Å²) < 4.78 is 13.1. The predicted molar refractivity (Wildman–Crippen MR) is 19.1 cm³/mol. The predicted octanol–water partition coefficient (Wildman–Crippen LogP) is -5.48. The molecule has 1 N–H and O–H groups in total. The molecule has 0 bridgehead atoms. The Hall–Kier alpha value is 3.29.